The van der Waals surface area contributed by atoms with Crippen molar-refractivity contribution in [3.8, 4) is 0 Å². The molecular formula is C10H18N2O2. The first-order valence-electron chi connectivity index (χ1n) is 5.34. The summed E-state index contributed by atoms with van der Waals surface area (Å²) in [6.07, 6.45) is 2.10. The number of carbonyl (C=O) groups is 1. The number of rotatable bonds is 1. The maximum absolute atomic E-state index is 11.4. The standard InChI is InChI=1S/C10H18N2O2/c1-14-10(13)8-2-3-9-6-11-4-5-12(9)7-8/h8-9,11H,2-7H2,1H3/t8-,9+/m1/s1. The van der Waals surface area contributed by atoms with Gasteiger partial charge in [-0.1, -0.05) is 0 Å². The topological polar surface area (TPSA) is 41.6 Å². The molecule has 0 aromatic carbocycles. The molecule has 2 aliphatic heterocycles. The van der Waals surface area contributed by atoms with E-state index in [0.29, 0.717) is 6.04 Å². The second kappa shape index (κ2) is 4.28. The van der Waals surface area contributed by atoms with Crippen LogP contribution >= 0.6 is 0 Å². The number of piperidine rings is 1. The Morgan fingerprint density at radius 1 is 1.50 bits per heavy atom. The van der Waals surface area contributed by atoms with E-state index >= 15 is 0 Å². The molecule has 2 heterocycles. The maximum Gasteiger partial charge on any atom is 0.309 e. The summed E-state index contributed by atoms with van der Waals surface area (Å²) in [7, 11) is 1.48. The summed E-state index contributed by atoms with van der Waals surface area (Å²) in [5, 5.41) is 3.38. The van der Waals surface area contributed by atoms with E-state index in [1.54, 1.807) is 0 Å². The van der Waals surface area contributed by atoms with E-state index in [1.165, 1.54) is 7.11 Å². The summed E-state index contributed by atoms with van der Waals surface area (Å²) < 4.78 is 4.79. The predicted octanol–water partition coefficient (Wildman–Crippen LogP) is -0.157. The third-order valence-corrected chi connectivity index (χ3v) is 3.31. The molecule has 0 aliphatic carbocycles. The minimum atomic E-state index is -0.0398. The number of ether oxygens (including phenoxy) is 1. The Hall–Kier alpha value is -0.610. The van der Waals surface area contributed by atoms with Crippen LogP contribution in [0.1, 0.15) is 12.8 Å². The molecule has 0 unspecified atom stereocenters. The average molecular weight is 198 g/mol. The lowest BCUT2D eigenvalue weighted by Gasteiger charge is -2.41. The third-order valence-electron chi connectivity index (χ3n) is 3.31. The number of nitrogens with zero attached hydrogens (tertiary/aromatic N) is 1. The number of nitrogens with one attached hydrogen (secondary N) is 1. The number of fused-ring (bicyclic) bond motifs is 1. The fourth-order valence-electron chi connectivity index (χ4n) is 2.45. The molecule has 2 saturated heterocycles. The zero-order chi connectivity index (χ0) is 9.97. The lowest BCUT2D eigenvalue weighted by atomic mass is 9.91. The summed E-state index contributed by atoms with van der Waals surface area (Å²) in [5.41, 5.74) is 0. The molecule has 4 heteroatoms. The highest BCUT2D eigenvalue weighted by molar-refractivity contribution is 5.72. The van der Waals surface area contributed by atoms with E-state index in [1.807, 2.05) is 0 Å². The highest BCUT2D eigenvalue weighted by Crippen LogP contribution is 2.23. The van der Waals surface area contributed by atoms with Crippen molar-refractivity contribution in [2.45, 2.75) is 18.9 Å². The molecule has 0 saturated carbocycles. The second-order valence-corrected chi connectivity index (χ2v) is 4.15. The zero-order valence-corrected chi connectivity index (χ0v) is 8.66. The Morgan fingerprint density at radius 3 is 3.14 bits per heavy atom. The van der Waals surface area contributed by atoms with E-state index < -0.39 is 0 Å². The van der Waals surface area contributed by atoms with Crippen LogP contribution < -0.4 is 5.32 Å². The molecule has 14 heavy (non-hydrogen) atoms. The highest BCUT2D eigenvalue weighted by atomic mass is 16.5. The van der Waals surface area contributed by atoms with Crippen LogP contribution in [0.3, 0.4) is 0 Å². The van der Waals surface area contributed by atoms with Gasteiger partial charge in [0, 0.05) is 32.2 Å². The summed E-state index contributed by atoms with van der Waals surface area (Å²) in [6, 6.07) is 0.643. The summed E-state index contributed by atoms with van der Waals surface area (Å²) in [4.78, 5) is 13.8. The minimum Gasteiger partial charge on any atom is -0.469 e. The van der Waals surface area contributed by atoms with Crippen LogP contribution in [0.25, 0.3) is 0 Å². The van der Waals surface area contributed by atoms with E-state index in [2.05, 4.69) is 10.2 Å². The second-order valence-electron chi connectivity index (χ2n) is 4.15. The molecule has 2 fully saturated rings. The summed E-state index contributed by atoms with van der Waals surface area (Å²) in [5.74, 6) is 0.0660. The Morgan fingerprint density at radius 2 is 2.36 bits per heavy atom. The average Bonchev–Trinajstić information content (AvgIpc) is 2.27. The third kappa shape index (κ3) is 1.91. The number of methoxy groups -OCH3 is 1. The number of hydrogen-bond acceptors (Lipinski definition) is 4. The van der Waals surface area contributed by atoms with Crippen LogP contribution in [-0.2, 0) is 9.53 Å². The van der Waals surface area contributed by atoms with E-state index in [0.717, 1.165) is 39.0 Å². The number of carbonyl (C=O) groups excluding carboxylic acids is 1. The lowest BCUT2D eigenvalue weighted by Crippen LogP contribution is -2.55. The molecule has 0 radical (unpaired) electrons. The first kappa shape index (κ1) is 9.93. The molecule has 0 aromatic heterocycles. The van der Waals surface area contributed by atoms with Crippen LogP contribution in [-0.4, -0.2) is 50.2 Å². The van der Waals surface area contributed by atoms with Gasteiger partial charge in [-0.2, -0.15) is 0 Å². The minimum absolute atomic E-state index is 0.0398. The predicted molar refractivity (Wildman–Crippen MR) is 53.0 cm³/mol. The van der Waals surface area contributed by atoms with Gasteiger partial charge in [-0.3, -0.25) is 9.69 Å². The first-order chi connectivity index (χ1) is 6.81. The van der Waals surface area contributed by atoms with Crippen molar-refractivity contribution in [1.29, 1.82) is 0 Å². The van der Waals surface area contributed by atoms with Crippen molar-refractivity contribution in [2.24, 2.45) is 5.92 Å². The molecule has 2 aliphatic rings. The monoisotopic (exact) mass is 198 g/mol. The van der Waals surface area contributed by atoms with Gasteiger partial charge in [0.25, 0.3) is 0 Å². The molecule has 80 valence electrons. The molecule has 2 rings (SSSR count). The van der Waals surface area contributed by atoms with Gasteiger partial charge in [0.1, 0.15) is 0 Å². The molecular weight excluding hydrogens is 180 g/mol. The SMILES string of the molecule is COC(=O)[C@@H]1CC[C@H]2CNCCN2C1. The summed E-state index contributed by atoms with van der Waals surface area (Å²) >= 11 is 0. The number of hydrogen-bond donors (Lipinski definition) is 1. The van der Waals surface area contributed by atoms with Crippen LogP contribution in [0.2, 0.25) is 0 Å². The normalized spacial score (nSPS) is 33.5. The van der Waals surface area contributed by atoms with E-state index in [9.17, 15) is 4.79 Å². The van der Waals surface area contributed by atoms with Gasteiger partial charge in [-0.25, -0.2) is 0 Å². The summed E-state index contributed by atoms with van der Waals surface area (Å²) in [6.45, 7) is 4.08. The molecule has 1 N–H and O–H groups in total. The highest BCUT2D eigenvalue weighted by Gasteiger charge is 2.33. The van der Waals surface area contributed by atoms with Crippen molar-refractivity contribution in [1.82, 2.24) is 10.2 Å². The van der Waals surface area contributed by atoms with Crippen LogP contribution in [0.5, 0.6) is 0 Å². The maximum atomic E-state index is 11.4. The van der Waals surface area contributed by atoms with Gasteiger partial charge >= 0.3 is 5.97 Å². The van der Waals surface area contributed by atoms with Crippen molar-refractivity contribution < 1.29 is 9.53 Å². The van der Waals surface area contributed by atoms with Gasteiger partial charge in [0.2, 0.25) is 0 Å². The fourth-order valence-corrected chi connectivity index (χ4v) is 2.45. The molecule has 2 atom stereocenters. The fraction of sp³-hybridized carbons (Fsp3) is 0.900. The van der Waals surface area contributed by atoms with Gasteiger partial charge in [-0.05, 0) is 12.8 Å². The van der Waals surface area contributed by atoms with Gasteiger partial charge in [-0.15, -0.1) is 0 Å². The zero-order valence-electron chi connectivity index (χ0n) is 8.66. The van der Waals surface area contributed by atoms with Crippen molar-refractivity contribution >= 4 is 5.97 Å². The van der Waals surface area contributed by atoms with Gasteiger partial charge in [0.05, 0.1) is 13.0 Å². The van der Waals surface area contributed by atoms with Crippen LogP contribution in [0.15, 0.2) is 0 Å². The Bertz CT molecular complexity index is 220. The molecule has 0 bridgehead atoms. The van der Waals surface area contributed by atoms with Crippen molar-refractivity contribution in [3.05, 3.63) is 0 Å². The van der Waals surface area contributed by atoms with Crippen molar-refractivity contribution in [3.63, 3.8) is 0 Å². The smallest absolute Gasteiger partial charge is 0.309 e. The van der Waals surface area contributed by atoms with Crippen molar-refractivity contribution in [2.75, 3.05) is 33.3 Å². The molecule has 0 spiro atoms. The first-order valence-corrected chi connectivity index (χ1v) is 5.34. The van der Waals surface area contributed by atoms with Gasteiger partial charge in [0.15, 0.2) is 0 Å². The van der Waals surface area contributed by atoms with Crippen LogP contribution in [0, 0.1) is 5.92 Å². The molecule has 4 nitrogen and oxygen atoms in total. The molecule has 0 aromatic rings. The van der Waals surface area contributed by atoms with E-state index in [4.69, 9.17) is 4.74 Å². The Labute approximate surface area is 84.6 Å². The Balaban J connectivity index is 1.92. The molecule has 0 amide bonds. The number of piperazine rings is 1. The Kier molecular flexibility index (Phi) is 3.03. The van der Waals surface area contributed by atoms with E-state index in [-0.39, 0.29) is 11.9 Å². The number of esters is 1. The quantitative estimate of drug-likeness (QED) is 0.595. The largest absolute Gasteiger partial charge is 0.469 e. The van der Waals surface area contributed by atoms with Crippen LogP contribution in [0.4, 0.5) is 0 Å². The lowest BCUT2D eigenvalue weighted by molar-refractivity contribution is -0.148. The van der Waals surface area contributed by atoms with Gasteiger partial charge < -0.3 is 10.1 Å².